The van der Waals surface area contributed by atoms with E-state index >= 15 is 0 Å². The number of para-hydroxylation sites is 2. The van der Waals surface area contributed by atoms with Crippen molar-refractivity contribution in [1.82, 2.24) is 5.32 Å². The average molecular weight is 402 g/mol. The van der Waals surface area contributed by atoms with Crippen LogP contribution in [0.4, 0.5) is 11.4 Å². The highest BCUT2D eigenvalue weighted by Gasteiger charge is 2.14. The van der Waals surface area contributed by atoms with Gasteiger partial charge >= 0.3 is 0 Å². The van der Waals surface area contributed by atoms with E-state index in [1.165, 1.54) is 11.1 Å². The SMILES string of the molecule is Cc1ccc(C(C)NC(=O)CNc2ccccc2C(=O)Nc2ccccc2)cc1C. The summed E-state index contributed by atoms with van der Waals surface area (Å²) in [4.78, 5) is 25.1. The predicted octanol–water partition coefficient (Wildman–Crippen LogP) is 4.85. The van der Waals surface area contributed by atoms with Gasteiger partial charge in [-0.15, -0.1) is 0 Å². The van der Waals surface area contributed by atoms with Gasteiger partial charge in [-0.3, -0.25) is 9.59 Å². The Labute approximate surface area is 177 Å². The summed E-state index contributed by atoms with van der Waals surface area (Å²) < 4.78 is 0. The molecule has 0 saturated carbocycles. The molecule has 0 aromatic heterocycles. The molecule has 30 heavy (non-hydrogen) atoms. The van der Waals surface area contributed by atoms with Crippen molar-refractivity contribution in [2.24, 2.45) is 0 Å². The zero-order valence-corrected chi connectivity index (χ0v) is 17.5. The van der Waals surface area contributed by atoms with Gasteiger partial charge in [0.25, 0.3) is 5.91 Å². The van der Waals surface area contributed by atoms with Crippen molar-refractivity contribution in [1.29, 1.82) is 0 Å². The van der Waals surface area contributed by atoms with E-state index in [2.05, 4.69) is 41.9 Å². The summed E-state index contributed by atoms with van der Waals surface area (Å²) in [5, 5.41) is 8.95. The van der Waals surface area contributed by atoms with Crippen LogP contribution in [0.5, 0.6) is 0 Å². The summed E-state index contributed by atoms with van der Waals surface area (Å²) >= 11 is 0. The van der Waals surface area contributed by atoms with Crippen molar-refractivity contribution in [2.45, 2.75) is 26.8 Å². The van der Waals surface area contributed by atoms with Gasteiger partial charge in [0, 0.05) is 11.4 Å². The normalized spacial score (nSPS) is 11.4. The Bertz CT molecular complexity index is 1030. The van der Waals surface area contributed by atoms with E-state index < -0.39 is 0 Å². The third-order valence-corrected chi connectivity index (χ3v) is 5.05. The minimum Gasteiger partial charge on any atom is -0.376 e. The second-order valence-corrected chi connectivity index (χ2v) is 7.35. The number of carbonyl (C=O) groups excluding carboxylic acids is 2. The molecule has 3 rings (SSSR count). The van der Waals surface area contributed by atoms with Crippen LogP contribution in [0.1, 0.15) is 40.0 Å². The molecule has 1 unspecified atom stereocenters. The molecule has 0 bridgehead atoms. The Hall–Kier alpha value is -3.60. The molecule has 0 fully saturated rings. The van der Waals surface area contributed by atoms with Gasteiger partial charge < -0.3 is 16.0 Å². The van der Waals surface area contributed by atoms with E-state index in [-0.39, 0.29) is 24.4 Å². The molecule has 0 aliphatic carbocycles. The number of hydrogen-bond acceptors (Lipinski definition) is 3. The van der Waals surface area contributed by atoms with Crippen LogP contribution in [0, 0.1) is 13.8 Å². The number of anilines is 2. The molecular weight excluding hydrogens is 374 g/mol. The van der Waals surface area contributed by atoms with Crippen LogP contribution in [-0.4, -0.2) is 18.4 Å². The first-order valence-corrected chi connectivity index (χ1v) is 10.00. The maximum absolute atomic E-state index is 12.7. The third-order valence-electron chi connectivity index (χ3n) is 5.05. The first kappa shape index (κ1) is 21.1. The smallest absolute Gasteiger partial charge is 0.257 e. The van der Waals surface area contributed by atoms with Crippen molar-refractivity contribution in [3.05, 3.63) is 95.1 Å². The molecule has 0 heterocycles. The highest BCUT2D eigenvalue weighted by molar-refractivity contribution is 6.08. The van der Waals surface area contributed by atoms with E-state index in [9.17, 15) is 9.59 Å². The Morgan fingerprint density at radius 2 is 1.57 bits per heavy atom. The van der Waals surface area contributed by atoms with Crippen LogP contribution in [0.3, 0.4) is 0 Å². The number of rotatable bonds is 7. The van der Waals surface area contributed by atoms with Crippen LogP contribution < -0.4 is 16.0 Å². The van der Waals surface area contributed by atoms with Crippen molar-refractivity contribution in [2.75, 3.05) is 17.2 Å². The highest BCUT2D eigenvalue weighted by atomic mass is 16.2. The van der Waals surface area contributed by atoms with Gasteiger partial charge in [0.15, 0.2) is 0 Å². The predicted molar refractivity (Wildman–Crippen MR) is 122 cm³/mol. The monoisotopic (exact) mass is 401 g/mol. The Morgan fingerprint density at radius 3 is 2.30 bits per heavy atom. The fraction of sp³-hybridized carbons (Fsp3) is 0.200. The quantitative estimate of drug-likeness (QED) is 0.530. The summed E-state index contributed by atoms with van der Waals surface area (Å²) in [6, 6.07) is 22.5. The number of benzene rings is 3. The molecule has 3 aromatic carbocycles. The Balaban J connectivity index is 1.60. The van der Waals surface area contributed by atoms with E-state index in [0.29, 0.717) is 11.3 Å². The summed E-state index contributed by atoms with van der Waals surface area (Å²) in [7, 11) is 0. The average Bonchev–Trinajstić information content (AvgIpc) is 2.75. The molecule has 154 valence electrons. The van der Waals surface area contributed by atoms with Gasteiger partial charge in [-0.05, 0) is 61.7 Å². The van der Waals surface area contributed by atoms with E-state index in [4.69, 9.17) is 0 Å². The molecule has 3 N–H and O–H groups in total. The standard InChI is InChI=1S/C25H27N3O2/c1-17-13-14-20(15-18(17)2)19(3)27-24(29)16-26-23-12-8-7-11-22(23)25(30)28-21-9-5-4-6-10-21/h4-15,19,26H,16H2,1-3H3,(H,27,29)(H,28,30). The lowest BCUT2D eigenvalue weighted by Crippen LogP contribution is -2.32. The zero-order valence-electron chi connectivity index (χ0n) is 17.5. The lowest BCUT2D eigenvalue weighted by atomic mass is 10.0. The summed E-state index contributed by atoms with van der Waals surface area (Å²) in [5.74, 6) is -0.368. The van der Waals surface area contributed by atoms with Crippen molar-refractivity contribution in [3.63, 3.8) is 0 Å². The van der Waals surface area contributed by atoms with Crippen LogP contribution in [-0.2, 0) is 4.79 Å². The molecule has 1 atom stereocenters. The zero-order chi connectivity index (χ0) is 21.5. The van der Waals surface area contributed by atoms with E-state index in [0.717, 1.165) is 11.3 Å². The summed E-state index contributed by atoms with van der Waals surface area (Å²) in [6.45, 7) is 6.16. The molecule has 0 aliphatic rings. The van der Waals surface area contributed by atoms with Gasteiger partial charge in [-0.1, -0.05) is 48.5 Å². The van der Waals surface area contributed by atoms with Gasteiger partial charge in [0.05, 0.1) is 18.2 Å². The van der Waals surface area contributed by atoms with Crippen molar-refractivity contribution >= 4 is 23.2 Å². The lowest BCUT2D eigenvalue weighted by Gasteiger charge is -2.17. The number of aryl methyl sites for hydroxylation is 2. The fourth-order valence-electron chi connectivity index (χ4n) is 3.14. The second kappa shape index (κ2) is 9.74. The highest BCUT2D eigenvalue weighted by Crippen LogP contribution is 2.18. The summed E-state index contributed by atoms with van der Waals surface area (Å²) in [6.07, 6.45) is 0. The van der Waals surface area contributed by atoms with Crippen molar-refractivity contribution in [3.8, 4) is 0 Å². The van der Waals surface area contributed by atoms with Crippen LogP contribution in [0.15, 0.2) is 72.8 Å². The third kappa shape index (κ3) is 5.47. The molecule has 0 aliphatic heterocycles. The first-order chi connectivity index (χ1) is 14.4. The molecular formula is C25H27N3O2. The number of carbonyl (C=O) groups is 2. The first-order valence-electron chi connectivity index (χ1n) is 10.00. The number of hydrogen-bond donors (Lipinski definition) is 3. The maximum atomic E-state index is 12.7. The molecule has 0 radical (unpaired) electrons. The molecule has 5 nitrogen and oxygen atoms in total. The molecule has 2 amide bonds. The molecule has 5 heteroatoms. The number of amides is 2. The van der Waals surface area contributed by atoms with Gasteiger partial charge in [-0.25, -0.2) is 0 Å². The van der Waals surface area contributed by atoms with Gasteiger partial charge in [0.2, 0.25) is 5.91 Å². The molecule has 0 spiro atoms. The topological polar surface area (TPSA) is 70.2 Å². The van der Waals surface area contributed by atoms with Crippen LogP contribution in [0.2, 0.25) is 0 Å². The minimum atomic E-state index is -0.229. The van der Waals surface area contributed by atoms with Crippen LogP contribution >= 0.6 is 0 Å². The molecule has 3 aromatic rings. The maximum Gasteiger partial charge on any atom is 0.257 e. The van der Waals surface area contributed by atoms with E-state index in [1.54, 1.807) is 18.2 Å². The lowest BCUT2D eigenvalue weighted by molar-refractivity contribution is -0.120. The van der Waals surface area contributed by atoms with E-state index in [1.807, 2.05) is 49.4 Å². The Kier molecular flexibility index (Phi) is 6.86. The largest absolute Gasteiger partial charge is 0.376 e. The number of nitrogens with one attached hydrogen (secondary N) is 3. The molecule has 0 saturated heterocycles. The van der Waals surface area contributed by atoms with Crippen molar-refractivity contribution < 1.29 is 9.59 Å². The van der Waals surface area contributed by atoms with Gasteiger partial charge in [0.1, 0.15) is 0 Å². The van der Waals surface area contributed by atoms with Gasteiger partial charge in [-0.2, -0.15) is 0 Å². The second-order valence-electron chi connectivity index (χ2n) is 7.35. The van der Waals surface area contributed by atoms with Crippen LogP contribution in [0.25, 0.3) is 0 Å². The minimum absolute atomic E-state index is 0.0742. The fourth-order valence-corrected chi connectivity index (χ4v) is 3.14. The Morgan fingerprint density at radius 1 is 0.867 bits per heavy atom. The summed E-state index contributed by atoms with van der Waals surface area (Å²) in [5.41, 5.74) is 5.30.